The van der Waals surface area contributed by atoms with Gasteiger partial charge in [0.1, 0.15) is 5.69 Å². The number of fused-ring (bicyclic) bond motifs is 1. The minimum absolute atomic E-state index is 0.224. The van der Waals surface area contributed by atoms with Crippen LogP contribution in [0.4, 0.5) is 0 Å². The number of nitrogens with one attached hydrogen (secondary N) is 2. The first-order chi connectivity index (χ1) is 12.6. The number of nitriles is 2. The minimum Gasteiger partial charge on any atom is -0.357 e. The highest BCUT2D eigenvalue weighted by Gasteiger charge is 2.26. The van der Waals surface area contributed by atoms with Gasteiger partial charge in [0.15, 0.2) is 0 Å². The SMILES string of the molecule is CC1=C(C#N)C(C)C(C#N)=C(c2ccc3[nH]nc(-c4cccs4)c3c2)N1. The van der Waals surface area contributed by atoms with E-state index >= 15 is 0 Å². The van der Waals surface area contributed by atoms with Crippen LogP contribution in [0.3, 0.4) is 0 Å². The maximum Gasteiger partial charge on any atom is 0.110 e. The van der Waals surface area contributed by atoms with Crippen molar-refractivity contribution in [2.45, 2.75) is 13.8 Å². The van der Waals surface area contributed by atoms with Crippen LogP contribution in [-0.4, -0.2) is 10.2 Å². The third kappa shape index (κ3) is 2.40. The molecular formula is C20H15N5S. The maximum atomic E-state index is 9.67. The lowest BCUT2D eigenvalue weighted by Gasteiger charge is -2.25. The van der Waals surface area contributed by atoms with Crippen molar-refractivity contribution in [3.8, 4) is 22.7 Å². The molecule has 0 aliphatic carbocycles. The molecule has 1 aliphatic rings. The second kappa shape index (κ2) is 6.18. The van der Waals surface area contributed by atoms with Crippen LogP contribution in [-0.2, 0) is 0 Å². The number of allylic oxidation sites excluding steroid dienone is 3. The van der Waals surface area contributed by atoms with E-state index in [1.165, 1.54) is 0 Å². The number of thiophene rings is 1. The van der Waals surface area contributed by atoms with Gasteiger partial charge < -0.3 is 5.32 Å². The molecule has 0 bridgehead atoms. The predicted molar refractivity (Wildman–Crippen MR) is 103 cm³/mol. The van der Waals surface area contributed by atoms with E-state index in [0.29, 0.717) is 11.1 Å². The molecule has 0 amide bonds. The third-order valence-corrected chi connectivity index (χ3v) is 5.58. The van der Waals surface area contributed by atoms with E-state index in [-0.39, 0.29) is 5.92 Å². The average molecular weight is 357 g/mol. The number of H-pyrrole nitrogens is 1. The first-order valence-electron chi connectivity index (χ1n) is 8.18. The Morgan fingerprint density at radius 3 is 2.65 bits per heavy atom. The van der Waals surface area contributed by atoms with Crippen LogP contribution < -0.4 is 5.32 Å². The van der Waals surface area contributed by atoms with Crippen molar-refractivity contribution in [1.29, 1.82) is 10.5 Å². The van der Waals surface area contributed by atoms with Crippen molar-refractivity contribution in [2.75, 3.05) is 0 Å². The number of aromatic nitrogens is 2. The monoisotopic (exact) mass is 357 g/mol. The fraction of sp³-hybridized carbons (Fsp3) is 0.150. The lowest BCUT2D eigenvalue weighted by Crippen LogP contribution is -2.23. The highest BCUT2D eigenvalue weighted by atomic mass is 32.1. The summed E-state index contributed by atoms with van der Waals surface area (Å²) in [6, 6.07) is 14.5. The summed E-state index contributed by atoms with van der Waals surface area (Å²) in [5, 5.41) is 32.9. The lowest BCUT2D eigenvalue weighted by atomic mass is 9.86. The fourth-order valence-electron chi connectivity index (χ4n) is 3.34. The van der Waals surface area contributed by atoms with E-state index < -0.39 is 0 Å². The molecule has 6 heteroatoms. The summed E-state index contributed by atoms with van der Waals surface area (Å²) in [4.78, 5) is 1.09. The number of nitrogens with zero attached hydrogens (tertiary/aromatic N) is 3. The summed E-state index contributed by atoms with van der Waals surface area (Å²) in [6.45, 7) is 3.77. The molecular weight excluding hydrogens is 342 g/mol. The van der Waals surface area contributed by atoms with Gasteiger partial charge >= 0.3 is 0 Å². The van der Waals surface area contributed by atoms with Crippen LogP contribution in [0, 0.1) is 28.6 Å². The molecule has 0 saturated heterocycles. The highest BCUT2D eigenvalue weighted by Crippen LogP contribution is 2.35. The molecule has 1 unspecified atom stereocenters. The Kier molecular flexibility index (Phi) is 3.84. The molecule has 5 nitrogen and oxygen atoms in total. The molecule has 3 aromatic rings. The topological polar surface area (TPSA) is 88.3 Å². The van der Waals surface area contributed by atoms with Crippen molar-refractivity contribution in [2.24, 2.45) is 5.92 Å². The van der Waals surface area contributed by atoms with Gasteiger partial charge in [0.2, 0.25) is 0 Å². The van der Waals surface area contributed by atoms with Gasteiger partial charge in [-0.3, -0.25) is 5.10 Å². The van der Waals surface area contributed by atoms with Crippen LogP contribution in [0.25, 0.3) is 27.2 Å². The molecule has 0 spiro atoms. The van der Waals surface area contributed by atoms with Crippen LogP contribution in [0.1, 0.15) is 19.4 Å². The minimum atomic E-state index is -0.224. The van der Waals surface area contributed by atoms with Gasteiger partial charge in [0.25, 0.3) is 0 Å². The largest absolute Gasteiger partial charge is 0.357 e. The van der Waals surface area contributed by atoms with Crippen molar-refractivity contribution < 1.29 is 0 Å². The second-order valence-electron chi connectivity index (χ2n) is 6.21. The number of aromatic amines is 1. The van der Waals surface area contributed by atoms with E-state index in [9.17, 15) is 10.5 Å². The molecule has 0 saturated carbocycles. The Bertz CT molecular complexity index is 1150. The van der Waals surface area contributed by atoms with E-state index in [4.69, 9.17) is 0 Å². The number of rotatable bonds is 2. The smallest absolute Gasteiger partial charge is 0.110 e. The van der Waals surface area contributed by atoms with E-state index in [1.54, 1.807) is 11.3 Å². The van der Waals surface area contributed by atoms with Crippen molar-refractivity contribution in [1.82, 2.24) is 15.5 Å². The average Bonchev–Trinajstić information content (AvgIpc) is 3.30. The van der Waals surface area contributed by atoms with Gasteiger partial charge in [-0.05, 0) is 36.1 Å². The van der Waals surface area contributed by atoms with Gasteiger partial charge in [-0.1, -0.05) is 19.1 Å². The second-order valence-corrected chi connectivity index (χ2v) is 7.16. The molecule has 2 N–H and O–H groups in total. The van der Waals surface area contributed by atoms with Gasteiger partial charge in [0, 0.05) is 17.0 Å². The summed E-state index contributed by atoms with van der Waals surface area (Å²) >= 11 is 1.64. The Labute approximate surface area is 154 Å². The molecule has 0 radical (unpaired) electrons. The quantitative estimate of drug-likeness (QED) is 0.703. The van der Waals surface area contributed by atoms with E-state index in [1.807, 2.05) is 49.6 Å². The number of benzene rings is 1. The molecule has 1 atom stereocenters. The molecule has 2 aromatic heterocycles. The molecule has 0 fully saturated rings. The molecule has 1 aliphatic heterocycles. The van der Waals surface area contributed by atoms with Crippen molar-refractivity contribution >= 4 is 27.9 Å². The van der Waals surface area contributed by atoms with Crippen LogP contribution in [0.2, 0.25) is 0 Å². The highest BCUT2D eigenvalue weighted by molar-refractivity contribution is 7.13. The van der Waals surface area contributed by atoms with Crippen molar-refractivity contribution in [3.63, 3.8) is 0 Å². The lowest BCUT2D eigenvalue weighted by molar-refractivity contribution is 0.791. The van der Waals surface area contributed by atoms with E-state index in [0.717, 1.165) is 38.4 Å². The third-order valence-electron chi connectivity index (χ3n) is 4.70. The normalized spacial score (nSPS) is 17.2. The zero-order valence-electron chi connectivity index (χ0n) is 14.3. The number of hydrogen-bond donors (Lipinski definition) is 2. The Morgan fingerprint density at radius 1 is 1.15 bits per heavy atom. The predicted octanol–water partition coefficient (Wildman–Crippen LogP) is 4.56. The van der Waals surface area contributed by atoms with Gasteiger partial charge in [0.05, 0.1) is 39.4 Å². The number of dihydropyridines is 1. The molecule has 3 heterocycles. The van der Waals surface area contributed by atoms with Crippen LogP contribution >= 0.6 is 11.3 Å². The summed E-state index contributed by atoms with van der Waals surface area (Å²) < 4.78 is 0. The zero-order chi connectivity index (χ0) is 18.3. The first-order valence-corrected chi connectivity index (χ1v) is 9.06. The summed E-state index contributed by atoms with van der Waals surface area (Å²) in [5.41, 5.74) is 5.50. The Morgan fingerprint density at radius 2 is 1.96 bits per heavy atom. The summed E-state index contributed by atoms with van der Waals surface area (Å²) in [6.07, 6.45) is 0. The summed E-state index contributed by atoms with van der Waals surface area (Å²) in [7, 11) is 0. The van der Waals surface area contributed by atoms with Crippen LogP contribution in [0.5, 0.6) is 0 Å². The fourth-order valence-corrected chi connectivity index (χ4v) is 4.07. The number of hydrogen-bond acceptors (Lipinski definition) is 5. The summed E-state index contributed by atoms with van der Waals surface area (Å²) in [5.74, 6) is -0.224. The zero-order valence-corrected chi connectivity index (χ0v) is 15.1. The maximum absolute atomic E-state index is 9.67. The Hall–Kier alpha value is -3.35. The molecule has 4 rings (SSSR count). The molecule has 126 valence electrons. The van der Waals surface area contributed by atoms with E-state index in [2.05, 4.69) is 27.7 Å². The molecule has 26 heavy (non-hydrogen) atoms. The van der Waals surface area contributed by atoms with Gasteiger partial charge in [-0.15, -0.1) is 11.3 Å². The molecule has 1 aromatic carbocycles. The van der Waals surface area contributed by atoms with Gasteiger partial charge in [-0.2, -0.15) is 15.6 Å². The van der Waals surface area contributed by atoms with Crippen molar-refractivity contribution in [3.05, 3.63) is 58.1 Å². The first kappa shape index (κ1) is 16.1. The van der Waals surface area contributed by atoms with Crippen LogP contribution in [0.15, 0.2) is 52.6 Å². The van der Waals surface area contributed by atoms with Gasteiger partial charge in [-0.25, -0.2) is 0 Å². The standard InChI is InChI=1S/C20H15N5S/c1-11-15(9-21)12(2)23-19(16(11)10-22)13-5-6-17-14(8-13)20(25-24-17)18-4-3-7-26-18/h3-8,11,23H,1-2H3,(H,24,25). The Balaban J connectivity index is 1.88.